The van der Waals surface area contributed by atoms with Crippen LogP contribution in [0, 0.1) is 11.8 Å². The van der Waals surface area contributed by atoms with E-state index in [9.17, 15) is 4.79 Å². The van der Waals surface area contributed by atoms with Crippen LogP contribution >= 0.6 is 0 Å². The van der Waals surface area contributed by atoms with Crippen LogP contribution in [-0.4, -0.2) is 17.6 Å². The van der Waals surface area contributed by atoms with Crippen LogP contribution in [0.2, 0.25) is 0 Å². The Balaban J connectivity index is 2.17. The molecular weight excluding hydrogens is 190 g/mol. The fraction of sp³-hybridized carbons (Fsp3) is 0.917. The molecule has 2 bridgehead atoms. The van der Waals surface area contributed by atoms with Gasteiger partial charge < -0.3 is 10.5 Å². The number of nitrogens with two attached hydrogens (primary N) is 1. The molecule has 3 nitrogen and oxygen atoms in total. The van der Waals surface area contributed by atoms with Crippen LogP contribution in [-0.2, 0) is 9.53 Å². The average molecular weight is 211 g/mol. The van der Waals surface area contributed by atoms with Gasteiger partial charge in [0.1, 0.15) is 11.6 Å². The third-order valence-corrected chi connectivity index (χ3v) is 3.96. The maximum Gasteiger partial charge on any atom is 0.326 e. The zero-order chi connectivity index (χ0) is 11.1. The summed E-state index contributed by atoms with van der Waals surface area (Å²) >= 11 is 0. The Hall–Kier alpha value is -0.570. The van der Waals surface area contributed by atoms with E-state index in [1.165, 1.54) is 12.8 Å². The summed E-state index contributed by atoms with van der Waals surface area (Å²) in [6.07, 6.45) is 5.40. The highest BCUT2D eigenvalue weighted by Crippen LogP contribution is 2.37. The van der Waals surface area contributed by atoms with E-state index in [2.05, 4.69) is 6.92 Å². The van der Waals surface area contributed by atoms with Gasteiger partial charge in [0.2, 0.25) is 0 Å². The zero-order valence-electron chi connectivity index (χ0n) is 9.66. The van der Waals surface area contributed by atoms with E-state index in [0.717, 1.165) is 19.3 Å². The molecular formula is C12H21NO2. The Morgan fingerprint density at radius 3 is 2.93 bits per heavy atom. The van der Waals surface area contributed by atoms with E-state index in [-0.39, 0.29) is 12.1 Å². The maximum atomic E-state index is 11.8. The van der Waals surface area contributed by atoms with Crippen molar-refractivity contribution < 1.29 is 9.53 Å². The molecule has 2 aliphatic rings. The quantitative estimate of drug-likeness (QED) is 0.622. The molecule has 1 aliphatic heterocycles. The smallest absolute Gasteiger partial charge is 0.326 e. The molecule has 2 rings (SSSR count). The molecule has 0 aromatic rings. The first kappa shape index (κ1) is 10.9. The van der Waals surface area contributed by atoms with Gasteiger partial charge in [0.05, 0.1) is 0 Å². The zero-order valence-corrected chi connectivity index (χ0v) is 9.66. The summed E-state index contributed by atoms with van der Waals surface area (Å²) in [4.78, 5) is 11.8. The molecule has 2 fully saturated rings. The molecule has 15 heavy (non-hydrogen) atoms. The fourth-order valence-electron chi connectivity index (χ4n) is 3.01. The molecule has 0 radical (unpaired) electrons. The van der Waals surface area contributed by atoms with Crippen molar-refractivity contribution in [3.8, 4) is 0 Å². The van der Waals surface area contributed by atoms with Crippen molar-refractivity contribution in [3.05, 3.63) is 0 Å². The Kier molecular flexibility index (Phi) is 2.75. The minimum Gasteiger partial charge on any atom is -0.461 e. The number of carbonyl (C=O) groups is 1. The van der Waals surface area contributed by atoms with E-state index in [1.807, 2.05) is 0 Å². The third kappa shape index (κ3) is 2.17. The van der Waals surface area contributed by atoms with Gasteiger partial charge in [-0.2, -0.15) is 0 Å². The molecule has 3 heteroatoms. The highest BCUT2D eigenvalue weighted by atomic mass is 16.5. The van der Waals surface area contributed by atoms with Crippen molar-refractivity contribution in [2.75, 3.05) is 0 Å². The second-order valence-electron chi connectivity index (χ2n) is 5.55. The van der Waals surface area contributed by atoms with Gasteiger partial charge in [-0.3, -0.25) is 4.79 Å². The molecule has 0 amide bonds. The molecule has 1 aliphatic carbocycles. The number of carbonyl (C=O) groups excluding carboxylic acids is 1. The normalized spacial score (nSPS) is 46.6. The van der Waals surface area contributed by atoms with E-state index in [4.69, 9.17) is 10.5 Å². The van der Waals surface area contributed by atoms with Crippen LogP contribution in [0.5, 0.6) is 0 Å². The highest BCUT2D eigenvalue weighted by molar-refractivity contribution is 5.80. The number of hydrogen-bond donors (Lipinski definition) is 1. The van der Waals surface area contributed by atoms with Crippen molar-refractivity contribution in [1.29, 1.82) is 0 Å². The maximum absolute atomic E-state index is 11.8. The summed E-state index contributed by atoms with van der Waals surface area (Å²) in [5, 5.41) is 0. The second kappa shape index (κ2) is 3.78. The summed E-state index contributed by atoms with van der Waals surface area (Å²) in [5.41, 5.74) is 5.23. The van der Waals surface area contributed by atoms with Crippen LogP contribution in [0.15, 0.2) is 0 Å². The van der Waals surface area contributed by atoms with Crippen molar-refractivity contribution in [2.45, 2.75) is 57.6 Å². The molecule has 1 saturated heterocycles. The lowest BCUT2D eigenvalue weighted by Crippen LogP contribution is -2.51. The molecule has 0 aromatic heterocycles. The van der Waals surface area contributed by atoms with Crippen molar-refractivity contribution in [1.82, 2.24) is 0 Å². The summed E-state index contributed by atoms with van der Waals surface area (Å²) < 4.78 is 5.46. The van der Waals surface area contributed by atoms with Crippen LogP contribution in [0.1, 0.15) is 46.0 Å². The van der Waals surface area contributed by atoms with Gasteiger partial charge in [-0.1, -0.05) is 6.92 Å². The number of rotatable bonds is 0. The summed E-state index contributed by atoms with van der Waals surface area (Å²) in [6, 6.07) is 0. The lowest BCUT2D eigenvalue weighted by molar-refractivity contribution is -0.161. The molecule has 0 aromatic carbocycles. The Morgan fingerprint density at radius 2 is 2.20 bits per heavy atom. The monoisotopic (exact) mass is 211 g/mol. The van der Waals surface area contributed by atoms with Gasteiger partial charge >= 0.3 is 5.97 Å². The van der Waals surface area contributed by atoms with Crippen molar-refractivity contribution in [3.63, 3.8) is 0 Å². The molecule has 0 spiro atoms. The largest absolute Gasteiger partial charge is 0.461 e. The van der Waals surface area contributed by atoms with E-state index in [0.29, 0.717) is 11.8 Å². The number of esters is 1. The van der Waals surface area contributed by atoms with Crippen molar-refractivity contribution >= 4 is 5.97 Å². The standard InChI is InChI=1S/C12H21NO2/c1-8-7-12(2,13)11(14)15-10-5-3-4-9(8)6-10/h8-10H,3-7,13H2,1-2H3. The molecule has 2 N–H and O–H groups in total. The highest BCUT2D eigenvalue weighted by Gasteiger charge is 2.40. The topological polar surface area (TPSA) is 52.3 Å². The fourth-order valence-corrected chi connectivity index (χ4v) is 3.01. The molecule has 86 valence electrons. The molecule has 4 unspecified atom stereocenters. The predicted octanol–water partition coefficient (Wildman–Crippen LogP) is 1.85. The molecule has 1 saturated carbocycles. The van der Waals surface area contributed by atoms with E-state index >= 15 is 0 Å². The van der Waals surface area contributed by atoms with Crippen LogP contribution in [0.4, 0.5) is 0 Å². The lowest BCUT2D eigenvalue weighted by atomic mass is 9.74. The predicted molar refractivity (Wildman–Crippen MR) is 58.2 cm³/mol. The van der Waals surface area contributed by atoms with E-state index < -0.39 is 5.54 Å². The van der Waals surface area contributed by atoms with Crippen LogP contribution in [0.3, 0.4) is 0 Å². The van der Waals surface area contributed by atoms with Gasteiger partial charge in [0, 0.05) is 0 Å². The summed E-state index contributed by atoms with van der Waals surface area (Å²) in [6.45, 7) is 4.02. The lowest BCUT2D eigenvalue weighted by Gasteiger charge is -2.39. The summed E-state index contributed by atoms with van der Waals surface area (Å²) in [7, 11) is 0. The van der Waals surface area contributed by atoms with Crippen LogP contribution in [0.25, 0.3) is 0 Å². The average Bonchev–Trinajstić information content (AvgIpc) is 2.16. The van der Waals surface area contributed by atoms with Gasteiger partial charge in [0.25, 0.3) is 0 Å². The first-order chi connectivity index (χ1) is 6.99. The van der Waals surface area contributed by atoms with Gasteiger partial charge in [-0.25, -0.2) is 0 Å². The third-order valence-electron chi connectivity index (χ3n) is 3.96. The minimum absolute atomic E-state index is 0.127. The minimum atomic E-state index is -0.784. The number of ether oxygens (including phenoxy) is 1. The molecule has 4 atom stereocenters. The second-order valence-corrected chi connectivity index (χ2v) is 5.55. The first-order valence-electron chi connectivity index (χ1n) is 5.99. The number of fused-ring (bicyclic) bond motifs is 2. The van der Waals surface area contributed by atoms with Gasteiger partial charge in [-0.15, -0.1) is 0 Å². The Bertz CT molecular complexity index is 262. The van der Waals surface area contributed by atoms with Gasteiger partial charge in [-0.05, 0) is 50.9 Å². The van der Waals surface area contributed by atoms with Gasteiger partial charge in [0.15, 0.2) is 0 Å². The van der Waals surface area contributed by atoms with E-state index in [1.54, 1.807) is 6.92 Å². The Labute approximate surface area is 91.4 Å². The first-order valence-corrected chi connectivity index (χ1v) is 5.99. The summed E-state index contributed by atoms with van der Waals surface area (Å²) in [5.74, 6) is 1.02. The van der Waals surface area contributed by atoms with Crippen molar-refractivity contribution in [2.24, 2.45) is 17.6 Å². The number of hydrogen-bond acceptors (Lipinski definition) is 3. The molecule has 1 heterocycles. The SMILES string of the molecule is CC1CC(C)(N)C(=O)OC2CCCC1C2. The Morgan fingerprint density at radius 1 is 1.47 bits per heavy atom. The van der Waals surface area contributed by atoms with Crippen LogP contribution < -0.4 is 5.73 Å².